The maximum absolute atomic E-state index is 12.6. The Labute approximate surface area is 185 Å². The molecule has 1 amide bonds. The normalized spacial score (nSPS) is 13.9. The van der Waals surface area contributed by atoms with Crippen LogP contribution in [0.25, 0.3) is 0 Å². The molecule has 1 aliphatic heterocycles. The molecule has 2 aromatic carbocycles. The average molecular weight is 439 g/mol. The second-order valence-electron chi connectivity index (χ2n) is 6.85. The van der Waals surface area contributed by atoms with E-state index in [9.17, 15) is 14.7 Å². The summed E-state index contributed by atoms with van der Waals surface area (Å²) in [5.74, 6) is -0.425. The van der Waals surface area contributed by atoms with Crippen LogP contribution in [0.1, 0.15) is 30.9 Å². The van der Waals surface area contributed by atoms with Crippen molar-refractivity contribution >= 4 is 23.3 Å². The van der Waals surface area contributed by atoms with E-state index >= 15 is 0 Å². The second-order valence-corrected chi connectivity index (χ2v) is 6.85. The van der Waals surface area contributed by atoms with E-state index < -0.39 is 18.5 Å². The number of nitrogens with zero attached hydrogens (tertiary/aromatic N) is 3. The summed E-state index contributed by atoms with van der Waals surface area (Å²) in [6.07, 6.45) is 1.44. The van der Waals surface area contributed by atoms with Crippen molar-refractivity contribution in [2.45, 2.75) is 19.8 Å². The highest BCUT2D eigenvalue weighted by atomic mass is 16.6. The van der Waals surface area contributed by atoms with E-state index in [1.807, 2.05) is 19.1 Å². The summed E-state index contributed by atoms with van der Waals surface area (Å²) in [5.41, 5.74) is 1.69. The van der Waals surface area contributed by atoms with Crippen molar-refractivity contribution in [1.82, 2.24) is 5.01 Å². The molecule has 32 heavy (non-hydrogen) atoms. The Morgan fingerprint density at radius 3 is 2.62 bits per heavy atom. The van der Waals surface area contributed by atoms with Crippen molar-refractivity contribution in [3.05, 3.63) is 59.7 Å². The summed E-state index contributed by atoms with van der Waals surface area (Å²) in [7, 11) is 1.58. The van der Waals surface area contributed by atoms with Crippen LogP contribution in [0.15, 0.2) is 58.8 Å². The molecule has 0 saturated carbocycles. The number of carbonyl (C=O) groups excluding carboxylic acids is 1. The molecule has 0 fully saturated rings. The van der Waals surface area contributed by atoms with Crippen LogP contribution < -0.4 is 9.47 Å². The third-order valence-electron chi connectivity index (χ3n) is 4.70. The highest BCUT2D eigenvalue weighted by Crippen LogP contribution is 2.29. The maximum Gasteiger partial charge on any atom is 0.358 e. The summed E-state index contributed by atoms with van der Waals surface area (Å²) in [5, 5.41) is 18.8. The van der Waals surface area contributed by atoms with Crippen LogP contribution in [0.5, 0.6) is 11.5 Å². The Hall–Kier alpha value is -3.88. The topological polar surface area (TPSA) is 110 Å². The number of hydrogen-bond donors (Lipinski definition) is 1. The lowest BCUT2D eigenvalue weighted by Gasteiger charge is -2.23. The van der Waals surface area contributed by atoms with Gasteiger partial charge in [-0.15, -0.1) is 0 Å². The van der Waals surface area contributed by atoms with Gasteiger partial charge in [0.25, 0.3) is 5.91 Å². The molecule has 0 saturated heterocycles. The van der Waals surface area contributed by atoms with Gasteiger partial charge in [0.1, 0.15) is 0 Å². The Bertz CT molecular complexity index is 1020. The fourth-order valence-corrected chi connectivity index (χ4v) is 3.19. The molecule has 3 rings (SSSR count). The number of oxime groups is 1. The number of methoxy groups -OCH3 is 1. The SMILES string of the molecule is CCOc1cc(C2=NN(C(=O)CON=C(C(=O)O)c3ccccc3)CCC2)ccc1OC. The number of hydrazone groups is 1. The van der Waals surface area contributed by atoms with Crippen LogP contribution in [0.3, 0.4) is 0 Å². The van der Waals surface area contributed by atoms with Gasteiger partial charge in [-0.2, -0.15) is 5.10 Å². The van der Waals surface area contributed by atoms with Crippen LogP contribution >= 0.6 is 0 Å². The van der Waals surface area contributed by atoms with E-state index in [0.29, 0.717) is 36.6 Å². The van der Waals surface area contributed by atoms with Crippen molar-refractivity contribution in [3.63, 3.8) is 0 Å². The number of ether oxygens (including phenoxy) is 2. The summed E-state index contributed by atoms with van der Waals surface area (Å²) in [4.78, 5) is 29.1. The molecule has 0 aromatic heterocycles. The first kappa shape index (κ1) is 22.8. The molecule has 0 radical (unpaired) electrons. The van der Waals surface area contributed by atoms with Crippen LogP contribution in [0.2, 0.25) is 0 Å². The van der Waals surface area contributed by atoms with Gasteiger partial charge in [-0.1, -0.05) is 35.5 Å². The lowest BCUT2D eigenvalue weighted by atomic mass is 10.0. The number of hydrogen-bond acceptors (Lipinski definition) is 7. The molecule has 0 unspecified atom stereocenters. The molecule has 168 valence electrons. The number of carboxylic acids is 1. The first-order chi connectivity index (χ1) is 15.5. The van der Waals surface area contributed by atoms with Gasteiger partial charge >= 0.3 is 5.97 Å². The smallest absolute Gasteiger partial charge is 0.358 e. The maximum atomic E-state index is 12.6. The van der Waals surface area contributed by atoms with Crippen molar-refractivity contribution in [2.75, 3.05) is 26.9 Å². The molecule has 1 aliphatic rings. The Morgan fingerprint density at radius 2 is 1.94 bits per heavy atom. The summed E-state index contributed by atoms with van der Waals surface area (Å²) in [6, 6.07) is 13.9. The third-order valence-corrected chi connectivity index (χ3v) is 4.70. The second kappa shape index (κ2) is 10.9. The van der Waals surface area contributed by atoms with Gasteiger partial charge in [0.15, 0.2) is 23.8 Å². The van der Waals surface area contributed by atoms with Gasteiger partial charge < -0.3 is 19.4 Å². The largest absolute Gasteiger partial charge is 0.493 e. The molecule has 0 aliphatic carbocycles. The molecule has 9 heteroatoms. The lowest BCUT2D eigenvalue weighted by molar-refractivity contribution is -0.137. The summed E-state index contributed by atoms with van der Waals surface area (Å²) in [6.45, 7) is 2.40. The van der Waals surface area contributed by atoms with E-state index in [2.05, 4.69) is 10.3 Å². The molecule has 0 atom stereocenters. The summed E-state index contributed by atoms with van der Waals surface area (Å²) < 4.78 is 10.9. The van der Waals surface area contributed by atoms with E-state index in [-0.39, 0.29) is 5.71 Å². The summed E-state index contributed by atoms with van der Waals surface area (Å²) >= 11 is 0. The molecule has 0 bridgehead atoms. The molecular formula is C23H25N3O6. The zero-order valence-corrected chi connectivity index (χ0v) is 18.0. The van der Waals surface area contributed by atoms with Gasteiger partial charge in [0, 0.05) is 17.7 Å². The Kier molecular flexibility index (Phi) is 7.80. The zero-order chi connectivity index (χ0) is 22.9. The predicted molar refractivity (Wildman–Crippen MR) is 118 cm³/mol. The molecule has 0 spiro atoms. The Morgan fingerprint density at radius 1 is 1.16 bits per heavy atom. The van der Waals surface area contributed by atoms with Gasteiger partial charge in [0.2, 0.25) is 0 Å². The van der Waals surface area contributed by atoms with Crippen molar-refractivity contribution in [3.8, 4) is 11.5 Å². The number of aliphatic carboxylic acids is 1. The average Bonchev–Trinajstić information content (AvgIpc) is 2.82. The van der Waals surface area contributed by atoms with E-state index in [4.69, 9.17) is 14.3 Å². The van der Waals surface area contributed by atoms with Crippen molar-refractivity contribution in [1.29, 1.82) is 0 Å². The van der Waals surface area contributed by atoms with Crippen LogP contribution in [-0.4, -0.2) is 60.3 Å². The zero-order valence-electron chi connectivity index (χ0n) is 18.0. The first-order valence-electron chi connectivity index (χ1n) is 10.2. The minimum Gasteiger partial charge on any atom is -0.493 e. The molecule has 1 N–H and O–H groups in total. The standard InChI is InChI=1S/C23H25N3O6/c1-3-31-20-14-17(11-12-19(20)30-2)18-10-7-13-26(24-18)21(27)15-32-25-22(23(28)29)16-8-5-4-6-9-16/h4-6,8-9,11-12,14H,3,7,10,13,15H2,1-2H3,(H,28,29). The van der Waals surface area contributed by atoms with Gasteiger partial charge in [0.05, 0.1) is 19.4 Å². The van der Waals surface area contributed by atoms with Gasteiger partial charge in [-0.25, -0.2) is 9.80 Å². The van der Waals surface area contributed by atoms with E-state index in [0.717, 1.165) is 17.7 Å². The third kappa shape index (κ3) is 5.63. The highest BCUT2D eigenvalue weighted by Gasteiger charge is 2.21. The number of carbonyl (C=O) groups is 2. The van der Waals surface area contributed by atoms with Crippen molar-refractivity contribution < 1.29 is 29.0 Å². The minimum absolute atomic E-state index is 0.275. The van der Waals surface area contributed by atoms with Crippen LogP contribution in [0.4, 0.5) is 0 Å². The number of benzene rings is 2. The van der Waals surface area contributed by atoms with Gasteiger partial charge in [-0.05, 0) is 38.0 Å². The number of carboxylic acid groups (broad SMARTS) is 1. The highest BCUT2D eigenvalue weighted by molar-refractivity contribution is 6.42. The van der Waals surface area contributed by atoms with E-state index in [1.54, 1.807) is 43.5 Å². The molecule has 2 aromatic rings. The minimum atomic E-state index is -1.24. The molecule has 1 heterocycles. The van der Waals surface area contributed by atoms with Gasteiger partial charge in [-0.3, -0.25) is 4.79 Å². The predicted octanol–water partition coefficient (Wildman–Crippen LogP) is 2.93. The monoisotopic (exact) mass is 439 g/mol. The van der Waals surface area contributed by atoms with Crippen molar-refractivity contribution in [2.24, 2.45) is 10.3 Å². The van der Waals surface area contributed by atoms with Crippen LogP contribution in [0, 0.1) is 0 Å². The number of amides is 1. The van der Waals surface area contributed by atoms with E-state index in [1.165, 1.54) is 5.01 Å². The quantitative estimate of drug-likeness (QED) is 0.475. The fourth-order valence-electron chi connectivity index (χ4n) is 3.19. The fraction of sp³-hybridized carbons (Fsp3) is 0.304. The number of rotatable bonds is 9. The molecular weight excluding hydrogens is 414 g/mol. The van der Waals surface area contributed by atoms with Crippen LogP contribution in [-0.2, 0) is 14.4 Å². The Balaban J connectivity index is 1.70. The first-order valence-corrected chi connectivity index (χ1v) is 10.2. The lowest BCUT2D eigenvalue weighted by Crippen LogP contribution is -2.34. The molecule has 9 nitrogen and oxygen atoms in total.